The second-order valence-electron chi connectivity index (χ2n) is 7.79. The summed E-state index contributed by atoms with van der Waals surface area (Å²) in [5.74, 6) is 0.935. The van der Waals surface area contributed by atoms with Crippen LogP contribution in [-0.2, 0) is 14.8 Å². The van der Waals surface area contributed by atoms with Crippen LogP contribution in [-0.4, -0.2) is 55.0 Å². The van der Waals surface area contributed by atoms with Crippen LogP contribution in [0.5, 0.6) is 23.0 Å². The van der Waals surface area contributed by atoms with E-state index in [9.17, 15) is 13.2 Å². The van der Waals surface area contributed by atoms with Crippen molar-refractivity contribution in [3.05, 3.63) is 83.4 Å². The maximum absolute atomic E-state index is 13.6. The molecule has 3 aromatic rings. The van der Waals surface area contributed by atoms with Crippen molar-refractivity contribution in [2.24, 2.45) is 5.10 Å². The highest BCUT2D eigenvalue weighted by molar-refractivity contribution is 9.10. The van der Waals surface area contributed by atoms with Gasteiger partial charge in [-0.25, -0.2) is 13.8 Å². The fourth-order valence-electron chi connectivity index (χ4n) is 3.45. The van der Waals surface area contributed by atoms with Gasteiger partial charge in [0.2, 0.25) is 0 Å². The molecule has 0 bridgehead atoms. The molecule has 0 aromatic heterocycles. The number of methoxy groups -OCH3 is 3. The number of amides is 1. The zero-order chi connectivity index (χ0) is 28.4. The summed E-state index contributed by atoms with van der Waals surface area (Å²) in [4.78, 5) is 12.9. The van der Waals surface area contributed by atoms with Crippen molar-refractivity contribution >= 4 is 43.8 Å². The summed E-state index contributed by atoms with van der Waals surface area (Å²) in [6, 6.07) is 15.8. The average molecular weight is 619 g/mol. The number of hydrogen-bond acceptors (Lipinski definition) is 8. The van der Waals surface area contributed by atoms with E-state index >= 15 is 0 Å². The van der Waals surface area contributed by atoms with Crippen molar-refractivity contribution in [2.45, 2.75) is 4.90 Å². The molecule has 0 saturated heterocycles. The number of rotatable bonds is 13. The normalized spacial score (nSPS) is 11.1. The predicted octanol–water partition coefficient (Wildman–Crippen LogP) is 4.39. The molecule has 0 atom stereocenters. The Balaban J connectivity index is 1.87. The first-order valence-electron chi connectivity index (χ1n) is 11.5. The largest absolute Gasteiger partial charge is 0.497 e. The van der Waals surface area contributed by atoms with Crippen molar-refractivity contribution in [3.63, 3.8) is 0 Å². The van der Waals surface area contributed by atoms with Crippen LogP contribution in [0.4, 0.5) is 5.69 Å². The lowest BCUT2D eigenvalue weighted by Gasteiger charge is -2.25. The number of carbonyl (C=O) groups is 1. The number of benzene rings is 3. The molecule has 0 heterocycles. The van der Waals surface area contributed by atoms with Gasteiger partial charge in [-0.05, 0) is 57.9 Å². The number of sulfonamides is 1. The van der Waals surface area contributed by atoms with Crippen LogP contribution in [0.2, 0.25) is 0 Å². The first kappa shape index (κ1) is 29.5. The molecule has 39 heavy (non-hydrogen) atoms. The zero-order valence-electron chi connectivity index (χ0n) is 21.6. The second-order valence-corrected chi connectivity index (χ2v) is 10.5. The van der Waals surface area contributed by atoms with Crippen molar-refractivity contribution in [1.29, 1.82) is 0 Å². The number of anilines is 1. The molecule has 12 heteroatoms. The van der Waals surface area contributed by atoms with E-state index in [1.807, 2.05) is 0 Å². The van der Waals surface area contributed by atoms with Crippen LogP contribution in [0.25, 0.3) is 0 Å². The molecule has 0 saturated carbocycles. The van der Waals surface area contributed by atoms with Gasteiger partial charge in [-0.3, -0.25) is 9.10 Å². The molecule has 1 N–H and O–H groups in total. The first-order valence-corrected chi connectivity index (χ1v) is 13.7. The number of carbonyl (C=O) groups excluding carboxylic acids is 1. The molecular weight excluding hydrogens is 590 g/mol. The van der Waals surface area contributed by atoms with E-state index in [4.69, 9.17) is 18.9 Å². The van der Waals surface area contributed by atoms with Gasteiger partial charge in [0.05, 0.1) is 42.6 Å². The van der Waals surface area contributed by atoms with Gasteiger partial charge in [0, 0.05) is 6.07 Å². The third kappa shape index (κ3) is 7.30. The van der Waals surface area contributed by atoms with Crippen LogP contribution in [0, 0.1) is 0 Å². The fraction of sp³-hybridized carbons (Fsp3) is 0.185. The van der Waals surface area contributed by atoms with Gasteiger partial charge >= 0.3 is 0 Å². The summed E-state index contributed by atoms with van der Waals surface area (Å²) >= 11 is 3.43. The van der Waals surface area contributed by atoms with E-state index < -0.39 is 22.5 Å². The summed E-state index contributed by atoms with van der Waals surface area (Å²) in [7, 11) is 0.230. The van der Waals surface area contributed by atoms with E-state index in [-0.39, 0.29) is 16.3 Å². The maximum atomic E-state index is 13.6. The molecular formula is C27H28BrN3O7S. The van der Waals surface area contributed by atoms with Gasteiger partial charge in [-0.1, -0.05) is 30.9 Å². The van der Waals surface area contributed by atoms with Crippen molar-refractivity contribution in [2.75, 3.05) is 38.8 Å². The minimum atomic E-state index is -4.15. The number of ether oxygens (including phenoxy) is 4. The lowest BCUT2D eigenvalue weighted by molar-refractivity contribution is -0.119. The Labute approximate surface area is 236 Å². The molecule has 0 fully saturated rings. The monoisotopic (exact) mass is 617 g/mol. The fourth-order valence-corrected chi connectivity index (χ4v) is 5.48. The summed E-state index contributed by atoms with van der Waals surface area (Å²) in [6.45, 7) is 3.35. The number of hydrazone groups is 1. The van der Waals surface area contributed by atoms with Crippen molar-refractivity contribution in [3.8, 4) is 23.0 Å². The molecule has 0 aliphatic rings. The Kier molecular flexibility index (Phi) is 10.4. The molecule has 0 radical (unpaired) electrons. The van der Waals surface area contributed by atoms with E-state index in [1.54, 1.807) is 42.5 Å². The molecule has 3 aromatic carbocycles. The summed E-state index contributed by atoms with van der Waals surface area (Å²) in [5, 5.41) is 3.99. The SMILES string of the molecule is C=CCOc1c(Br)cc(/C=N\NC(=O)CN(c2ccc(OC)cc2OC)S(=O)(=O)c2ccccc2)cc1OC. The maximum Gasteiger partial charge on any atom is 0.264 e. The van der Waals surface area contributed by atoms with E-state index in [0.717, 1.165) is 4.31 Å². The highest BCUT2D eigenvalue weighted by atomic mass is 79.9. The number of hydrogen-bond donors (Lipinski definition) is 1. The van der Waals surface area contributed by atoms with Crippen LogP contribution < -0.4 is 28.7 Å². The van der Waals surface area contributed by atoms with E-state index in [2.05, 4.69) is 33.0 Å². The Bertz CT molecular complexity index is 1450. The molecule has 206 valence electrons. The topological polar surface area (TPSA) is 116 Å². The molecule has 0 unspecified atom stereocenters. The number of nitrogens with zero attached hydrogens (tertiary/aromatic N) is 2. The van der Waals surface area contributed by atoms with Crippen LogP contribution >= 0.6 is 15.9 Å². The van der Waals surface area contributed by atoms with Crippen molar-refractivity contribution < 1.29 is 32.2 Å². The smallest absolute Gasteiger partial charge is 0.264 e. The Morgan fingerprint density at radius 3 is 2.38 bits per heavy atom. The zero-order valence-corrected chi connectivity index (χ0v) is 24.0. The second kappa shape index (κ2) is 13.7. The van der Waals surface area contributed by atoms with Crippen molar-refractivity contribution in [1.82, 2.24) is 5.43 Å². The van der Waals surface area contributed by atoms with E-state index in [1.165, 1.54) is 51.8 Å². The minimum Gasteiger partial charge on any atom is -0.497 e. The Morgan fingerprint density at radius 1 is 1.03 bits per heavy atom. The number of halogens is 1. The van der Waals surface area contributed by atoms with Gasteiger partial charge in [-0.2, -0.15) is 5.10 Å². The van der Waals surface area contributed by atoms with Crippen LogP contribution in [0.1, 0.15) is 5.56 Å². The Morgan fingerprint density at radius 2 is 1.74 bits per heavy atom. The molecule has 10 nitrogen and oxygen atoms in total. The van der Waals surface area contributed by atoms with Crippen LogP contribution in [0.15, 0.2) is 87.8 Å². The molecule has 0 aliphatic heterocycles. The number of nitrogens with one attached hydrogen (secondary N) is 1. The predicted molar refractivity (Wildman–Crippen MR) is 153 cm³/mol. The summed E-state index contributed by atoms with van der Waals surface area (Å²) in [5.41, 5.74) is 3.13. The molecule has 0 spiro atoms. The highest BCUT2D eigenvalue weighted by Gasteiger charge is 2.29. The van der Waals surface area contributed by atoms with Crippen LogP contribution in [0.3, 0.4) is 0 Å². The minimum absolute atomic E-state index is 0.00915. The van der Waals surface area contributed by atoms with Gasteiger partial charge in [0.25, 0.3) is 15.9 Å². The molecule has 3 rings (SSSR count). The average Bonchev–Trinajstić information content (AvgIpc) is 2.95. The first-order chi connectivity index (χ1) is 18.7. The quantitative estimate of drug-likeness (QED) is 0.172. The van der Waals surface area contributed by atoms with Gasteiger partial charge < -0.3 is 18.9 Å². The summed E-state index contributed by atoms with van der Waals surface area (Å²) in [6.07, 6.45) is 3.01. The van der Waals surface area contributed by atoms with Gasteiger partial charge in [-0.15, -0.1) is 0 Å². The van der Waals surface area contributed by atoms with Gasteiger partial charge in [0.1, 0.15) is 24.7 Å². The highest BCUT2D eigenvalue weighted by Crippen LogP contribution is 2.37. The van der Waals surface area contributed by atoms with Gasteiger partial charge in [0.15, 0.2) is 11.5 Å². The Hall–Kier alpha value is -4.03. The lowest BCUT2D eigenvalue weighted by Crippen LogP contribution is -2.39. The molecule has 0 aliphatic carbocycles. The third-order valence-corrected chi connectivity index (χ3v) is 7.64. The molecule has 1 amide bonds. The van der Waals surface area contributed by atoms with E-state index in [0.29, 0.717) is 33.9 Å². The lowest BCUT2D eigenvalue weighted by atomic mass is 10.2. The summed E-state index contributed by atoms with van der Waals surface area (Å²) < 4.78 is 50.4. The third-order valence-electron chi connectivity index (χ3n) is 5.27. The standard InChI is InChI=1S/C27H28BrN3O7S/c1-5-13-38-27-22(28)14-19(15-25(27)37-4)17-29-30-26(32)18-31(39(33,34)21-9-7-6-8-10-21)23-12-11-20(35-2)16-24(23)36-3/h5-12,14-17H,1,13,18H2,2-4H3,(H,30,32)/b29-17-.